The van der Waals surface area contributed by atoms with Crippen LogP contribution in [0.4, 0.5) is 0 Å². The highest BCUT2D eigenvalue weighted by Crippen LogP contribution is 2.19. The summed E-state index contributed by atoms with van der Waals surface area (Å²) in [5, 5.41) is 0. The van der Waals surface area contributed by atoms with Crippen molar-refractivity contribution in [3.05, 3.63) is 30.6 Å². The number of hydrogen-bond donors (Lipinski definition) is 0. The van der Waals surface area contributed by atoms with Gasteiger partial charge in [-0.1, -0.05) is 12.1 Å². The molecule has 0 aliphatic rings. The SMILES string of the molecule is COC(=O)CC(C)n1cnc2ccccc21. The summed E-state index contributed by atoms with van der Waals surface area (Å²) in [6.07, 6.45) is 2.12. The van der Waals surface area contributed by atoms with Gasteiger partial charge in [-0.3, -0.25) is 4.79 Å². The fourth-order valence-electron chi connectivity index (χ4n) is 1.75. The first-order valence-electron chi connectivity index (χ1n) is 5.20. The molecule has 0 radical (unpaired) electrons. The number of rotatable bonds is 3. The zero-order valence-electron chi connectivity index (χ0n) is 9.38. The van der Waals surface area contributed by atoms with Crippen LogP contribution in [0.3, 0.4) is 0 Å². The number of aromatic nitrogens is 2. The molecule has 0 bridgehead atoms. The van der Waals surface area contributed by atoms with E-state index in [1.54, 1.807) is 6.33 Å². The van der Waals surface area contributed by atoms with Crippen LogP contribution in [-0.2, 0) is 9.53 Å². The number of carbonyl (C=O) groups excluding carboxylic acids is 1. The van der Waals surface area contributed by atoms with E-state index in [1.165, 1.54) is 7.11 Å². The molecule has 16 heavy (non-hydrogen) atoms. The Kier molecular flexibility index (Phi) is 2.90. The van der Waals surface area contributed by atoms with Crippen molar-refractivity contribution in [2.45, 2.75) is 19.4 Å². The Labute approximate surface area is 93.9 Å². The second-order valence-electron chi connectivity index (χ2n) is 3.77. The van der Waals surface area contributed by atoms with Crippen molar-refractivity contribution in [2.75, 3.05) is 7.11 Å². The molecule has 4 nitrogen and oxygen atoms in total. The summed E-state index contributed by atoms with van der Waals surface area (Å²) in [5.74, 6) is -0.203. The lowest BCUT2D eigenvalue weighted by Crippen LogP contribution is -2.11. The van der Waals surface area contributed by atoms with Crippen molar-refractivity contribution in [3.63, 3.8) is 0 Å². The maximum atomic E-state index is 11.2. The van der Waals surface area contributed by atoms with Crippen molar-refractivity contribution in [3.8, 4) is 0 Å². The number of imidazole rings is 1. The van der Waals surface area contributed by atoms with Gasteiger partial charge in [-0.15, -0.1) is 0 Å². The largest absolute Gasteiger partial charge is 0.469 e. The van der Waals surface area contributed by atoms with Crippen LogP contribution in [0, 0.1) is 0 Å². The third-order valence-electron chi connectivity index (χ3n) is 2.65. The van der Waals surface area contributed by atoms with Gasteiger partial charge in [0.25, 0.3) is 0 Å². The van der Waals surface area contributed by atoms with Crippen LogP contribution in [0.2, 0.25) is 0 Å². The summed E-state index contributed by atoms with van der Waals surface area (Å²) in [4.78, 5) is 15.5. The number of esters is 1. The van der Waals surface area contributed by atoms with E-state index < -0.39 is 0 Å². The Bertz CT molecular complexity index is 504. The first kappa shape index (κ1) is 10.7. The summed E-state index contributed by atoms with van der Waals surface area (Å²) >= 11 is 0. The number of nitrogens with zero attached hydrogens (tertiary/aromatic N) is 2. The van der Waals surface area contributed by atoms with E-state index in [9.17, 15) is 4.79 Å². The van der Waals surface area contributed by atoms with Crippen molar-refractivity contribution in [2.24, 2.45) is 0 Å². The van der Waals surface area contributed by atoms with Gasteiger partial charge < -0.3 is 9.30 Å². The average Bonchev–Trinajstić information content (AvgIpc) is 2.72. The number of fused-ring (bicyclic) bond motifs is 1. The van der Waals surface area contributed by atoms with Crippen LogP contribution in [0.15, 0.2) is 30.6 Å². The Balaban J connectivity index is 2.29. The topological polar surface area (TPSA) is 44.1 Å². The molecule has 0 N–H and O–H groups in total. The molecule has 0 aliphatic heterocycles. The molecule has 0 amide bonds. The molecule has 84 valence electrons. The number of benzene rings is 1. The van der Waals surface area contributed by atoms with Crippen LogP contribution in [-0.4, -0.2) is 22.6 Å². The minimum atomic E-state index is -0.203. The quantitative estimate of drug-likeness (QED) is 0.741. The van der Waals surface area contributed by atoms with Gasteiger partial charge in [0.2, 0.25) is 0 Å². The summed E-state index contributed by atoms with van der Waals surface area (Å²) in [6.45, 7) is 1.98. The smallest absolute Gasteiger partial charge is 0.307 e. The van der Waals surface area contributed by atoms with E-state index in [0.717, 1.165) is 11.0 Å². The van der Waals surface area contributed by atoms with Gasteiger partial charge >= 0.3 is 5.97 Å². The number of ether oxygens (including phenoxy) is 1. The Hall–Kier alpha value is -1.84. The van der Waals surface area contributed by atoms with E-state index in [-0.39, 0.29) is 12.0 Å². The molecule has 0 fully saturated rings. The molecule has 0 aliphatic carbocycles. The number of para-hydroxylation sites is 2. The molecule has 0 spiro atoms. The van der Waals surface area contributed by atoms with Crippen molar-refractivity contribution in [1.82, 2.24) is 9.55 Å². The van der Waals surface area contributed by atoms with E-state index in [0.29, 0.717) is 6.42 Å². The molecule has 1 aromatic carbocycles. The zero-order valence-corrected chi connectivity index (χ0v) is 9.38. The van der Waals surface area contributed by atoms with E-state index >= 15 is 0 Å². The highest BCUT2D eigenvalue weighted by molar-refractivity contribution is 5.76. The average molecular weight is 218 g/mol. The van der Waals surface area contributed by atoms with E-state index in [2.05, 4.69) is 9.72 Å². The third kappa shape index (κ3) is 1.91. The minimum absolute atomic E-state index is 0.0554. The van der Waals surface area contributed by atoms with Gasteiger partial charge in [-0.2, -0.15) is 0 Å². The molecule has 1 heterocycles. The van der Waals surface area contributed by atoms with Gasteiger partial charge in [0.15, 0.2) is 0 Å². The standard InChI is InChI=1S/C12H14N2O2/c1-9(7-12(15)16-2)14-8-13-10-5-3-4-6-11(10)14/h3-6,8-9H,7H2,1-2H3. The zero-order chi connectivity index (χ0) is 11.5. The molecule has 2 rings (SSSR count). The molecular formula is C12H14N2O2. The molecular weight excluding hydrogens is 204 g/mol. The highest BCUT2D eigenvalue weighted by atomic mass is 16.5. The van der Waals surface area contributed by atoms with Gasteiger partial charge in [0.05, 0.1) is 30.9 Å². The maximum Gasteiger partial charge on any atom is 0.307 e. The minimum Gasteiger partial charge on any atom is -0.469 e. The van der Waals surface area contributed by atoms with E-state index in [1.807, 2.05) is 35.8 Å². The monoisotopic (exact) mass is 218 g/mol. The predicted octanol–water partition coefficient (Wildman–Crippen LogP) is 2.16. The van der Waals surface area contributed by atoms with Crippen molar-refractivity contribution < 1.29 is 9.53 Å². The van der Waals surface area contributed by atoms with Crippen LogP contribution in [0.1, 0.15) is 19.4 Å². The summed E-state index contributed by atoms with van der Waals surface area (Å²) in [5.41, 5.74) is 1.98. The second kappa shape index (κ2) is 4.35. The fraction of sp³-hybridized carbons (Fsp3) is 0.333. The molecule has 1 atom stereocenters. The summed E-state index contributed by atoms with van der Waals surface area (Å²) < 4.78 is 6.65. The Morgan fingerprint density at radius 1 is 1.50 bits per heavy atom. The van der Waals surface area contributed by atoms with E-state index in [4.69, 9.17) is 0 Å². The lowest BCUT2D eigenvalue weighted by Gasteiger charge is -2.12. The lowest BCUT2D eigenvalue weighted by molar-refractivity contribution is -0.141. The van der Waals surface area contributed by atoms with Crippen LogP contribution in [0.5, 0.6) is 0 Å². The number of hydrogen-bond acceptors (Lipinski definition) is 3. The highest BCUT2D eigenvalue weighted by Gasteiger charge is 2.13. The Morgan fingerprint density at radius 3 is 3.00 bits per heavy atom. The van der Waals surface area contributed by atoms with Crippen molar-refractivity contribution >= 4 is 17.0 Å². The molecule has 0 saturated carbocycles. The molecule has 1 aromatic heterocycles. The van der Waals surface area contributed by atoms with Crippen molar-refractivity contribution in [1.29, 1.82) is 0 Å². The molecule has 2 aromatic rings. The third-order valence-corrected chi connectivity index (χ3v) is 2.65. The summed E-state index contributed by atoms with van der Waals surface area (Å²) in [7, 11) is 1.40. The van der Waals surface area contributed by atoms with Gasteiger partial charge in [0, 0.05) is 6.04 Å². The van der Waals surface area contributed by atoms with Gasteiger partial charge in [-0.25, -0.2) is 4.98 Å². The molecule has 4 heteroatoms. The Morgan fingerprint density at radius 2 is 2.25 bits per heavy atom. The maximum absolute atomic E-state index is 11.2. The van der Waals surface area contributed by atoms with Crippen LogP contribution >= 0.6 is 0 Å². The molecule has 1 unspecified atom stereocenters. The lowest BCUT2D eigenvalue weighted by atomic mass is 10.2. The number of carbonyl (C=O) groups is 1. The predicted molar refractivity (Wildman–Crippen MR) is 61.1 cm³/mol. The number of methoxy groups -OCH3 is 1. The van der Waals surface area contributed by atoms with Gasteiger partial charge in [-0.05, 0) is 19.1 Å². The normalized spacial score (nSPS) is 12.6. The first-order valence-corrected chi connectivity index (χ1v) is 5.20. The summed E-state index contributed by atoms with van der Waals surface area (Å²) in [6, 6.07) is 7.92. The second-order valence-corrected chi connectivity index (χ2v) is 3.77. The van der Waals surface area contributed by atoms with Gasteiger partial charge in [0.1, 0.15) is 0 Å². The molecule has 0 saturated heterocycles. The fourth-order valence-corrected chi connectivity index (χ4v) is 1.75. The first-order chi connectivity index (χ1) is 7.72. The van der Waals surface area contributed by atoms with Crippen LogP contribution < -0.4 is 0 Å². The van der Waals surface area contributed by atoms with Crippen LogP contribution in [0.25, 0.3) is 11.0 Å².